The molecule has 2 atom stereocenters. The fourth-order valence-electron chi connectivity index (χ4n) is 4.28. The normalized spacial score (nSPS) is 22.9. The van der Waals surface area contributed by atoms with Crippen molar-refractivity contribution in [1.29, 1.82) is 0 Å². The molecule has 1 aliphatic carbocycles. The summed E-state index contributed by atoms with van der Waals surface area (Å²) in [5, 5.41) is 3.31. The molecule has 10 nitrogen and oxygen atoms in total. The molecule has 1 aromatic carbocycles. The Morgan fingerprint density at radius 3 is 2.49 bits per heavy atom. The first-order valence-corrected chi connectivity index (χ1v) is 13.9. The van der Waals surface area contributed by atoms with Crippen LogP contribution in [0.2, 0.25) is 0 Å². The van der Waals surface area contributed by atoms with E-state index in [1.54, 1.807) is 36.3 Å². The Bertz CT molecular complexity index is 1360. The number of alkyl halides is 2. The summed E-state index contributed by atoms with van der Waals surface area (Å²) in [6.07, 6.45) is 6.11. The predicted octanol–water partition coefficient (Wildman–Crippen LogP) is 2.99. The van der Waals surface area contributed by atoms with Gasteiger partial charge in [0.2, 0.25) is 15.9 Å². The van der Waals surface area contributed by atoms with E-state index in [0.29, 0.717) is 11.1 Å². The summed E-state index contributed by atoms with van der Waals surface area (Å²) in [5.41, 5.74) is 0.744. The van der Waals surface area contributed by atoms with Crippen molar-refractivity contribution >= 4 is 33.7 Å². The van der Waals surface area contributed by atoms with Crippen molar-refractivity contribution in [3.05, 3.63) is 58.1 Å². The number of hydrogen-bond donors (Lipinski definition) is 1. The SMILES string of the molecule is Cn1cc(CN2C(=O)C3C=C(S(=O)(=O)NC4(C)CC4)SC3N(Cc3ccc(OC(F)F)cc3)C2=O)cn1. The van der Waals surface area contributed by atoms with Crippen molar-refractivity contribution in [1.82, 2.24) is 24.3 Å². The van der Waals surface area contributed by atoms with Gasteiger partial charge in [0.15, 0.2) is 0 Å². The summed E-state index contributed by atoms with van der Waals surface area (Å²) in [7, 11) is -2.16. The lowest BCUT2D eigenvalue weighted by Gasteiger charge is -2.41. The number of nitrogens with one attached hydrogen (secondary N) is 1. The zero-order chi connectivity index (χ0) is 26.5. The second-order valence-corrected chi connectivity index (χ2v) is 12.6. The van der Waals surface area contributed by atoms with E-state index in [1.807, 2.05) is 6.92 Å². The van der Waals surface area contributed by atoms with E-state index in [9.17, 15) is 26.8 Å². The van der Waals surface area contributed by atoms with Gasteiger partial charge in [0, 0.05) is 30.9 Å². The minimum atomic E-state index is -3.88. The van der Waals surface area contributed by atoms with Crippen LogP contribution < -0.4 is 9.46 Å². The topological polar surface area (TPSA) is 114 Å². The molecule has 2 aliphatic heterocycles. The fourth-order valence-corrected chi connectivity index (χ4v) is 7.58. The highest BCUT2D eigenvalue weighted by Gasteiger charge is 2.52. The molecule has 1 N–H and O–H groups in total. The molecule has 198 valence electrons. The number of aryl methyl sites for hydroxylation is 1. The number of thioether (sulfide) groups is 1. The van der Waals surface area contributed by atoms with E-state index in [2.05, 4.69) is 14.6 Å². The third kappa shape index (κ3) is 5.36. The number of halogens is 2. The zero-order valence-electron chi connectivity index (χ0n) is 20.0. The van der Waals surface area contributed by atoms with Gasteiger partial charge in [0.05, 0.1) is 18.7 Å². The first-order chi connectivity index (χ1) is 17.4. The molecule has 0 spiro atoms. The maximum atomic E-state index is 13.6. The Labute approximate surface area is 216 Å². The third-order valence-corrected chi connectivity index (χ3v) is 9.97. The molecule has 3 aliphatic rings. The van der Waals surface area contributed by atoms with E-state index in [-0.39, 0.29) is 23.1 Å². The van der Waals surface area contributed by atoms with E-state index in [4.69, 9.17) is 0 Å². The van der Waals surface area contributed by atoms with E-state index in [1.165, 1.54) is 23.1 Å². The van der Waals surface area contributed by atoms with Gasteiger partial charge in [-0.05, 0) is 43.5 Å². The number of carbonyl (C=O) groups excluding carboxylic acids is 2. The number of amides is 3. The van der Waals surface area contributed by atoms with Crippen molar-refractivity contribution < 1.29 is 31.5 Å². The van der Waals surface area contributed by atoms with Crippen molar-refractivity contribution in [2.45, 2.75) is 50.4 Å². The second-order valence-electron chi connectivity index (χ2n) is 9.57. The summed E-state index contributed by atoms with van der Waals surface area (Å²) < 4.78 is 59.8. The number of carbonyl (C=O) groups is 2. The number of sulfonamides is 1. The van der Waals surface area contributed by atoms with Gasteiger partial charge in [-0.15, -0.1) is 0 Å². The van der Waals surface area contributed by atoms with Crippen LogP contribution in [-0.4, -0.2) is 57.5 Å². The van der Waals surface area contributed by atoms with E-state index < -0.39 is 45.4 Å². The number of rotatable bonds is 9. The van der Waals surface area contributed by atoms with Gasteiger partial charge in [-0.25, -0.2) is 17.9 Å². The van der Waals surface area contributed by atoms with Crippen LogP contribution in [0.1, 0.15) is 30.9 Å². The number of hydrogen-bond acceptors (Lipinski definition) is 7. The fraction of sp³-hybridized carbons (Fsp3) is 0.435. The van der Waals surface area contributed by atoms with Crippen molar-refractivity contribution in [3.63, 3.8) is 0 Å². The minimum Gasteiger partial charge on any atom is -0.435 e. The van der Waals surface area contributed by atoms with Crippen LogP contribution in [0.15, 0.2) is 47.0 Å². The Morgan fingerprint density at radius 1 is 1.19 bits per heavy atom. The maximum absolute atomic E-state index is 13.6. The number of urea groups is 1. The zero-order valence-corrected chi connectivity index (χ0v) is 21.6. The number of benzene rings is 1. The standard InChI is InChI=1S/C23H25F2N5O5S2/c1-23(7-8-23)27-37(33,34)18-9-17-19(31)29(13-15-10-26-28(2)11-15)22(32)30(20(17)36-18)12-14-3-5-16(6-4-14)35-21(24)25/h3-6,9-11,17,20-21,27H,7-8,12-13H2,1-2H3. The molecule has 2 aromatic rings. The molecule has 3 heterocycles. The van der Waals surface area contributed by atoms with Crippen molar-refractivity contribution in [2.75, 3.05) is 0 Å². The predicted molar refractivity (Wildman–Crippen MR) is 130 cm³/mol. The first-order valence-electron chi connectivity index (χ1n) is 11.5. The van der Waals surface area contributed by atoms with Crippen LogP contribution in [0.25, 0.3) is 0 Å². The van der Waals surface area contributed by atoms with Crippen LogP contribution in [0.5, 0.6) is 5.75 Å². The molecule has 2 fully saturated rings. The summed E-state index contributed by atoms with van der Waals surface area (Å²) in [5.74, 6) is -1.40. The number of ether oxygens (including phenoxy) is 1. The highest BCUT2D eigenvalue weighted by atomic mass is 32.3. The average Bonchev–Trinajstić information content (AvgIpc) is 3.20. The van der Waals surface area contributed by atoms with Crippen LogP contribution in [0.3, 0.4) is 0 Å². The van der Waals surface area contributed by atoms with Gasteiger partial charge in [0.25, 0.3) is 0 Å². The van der Waals surface area contributed by atoms with Gasteiger partial charge in [-0.2, -0.15) is 13.9 Å². The van der Waals surface area contributed by atoms with Crippen LogP contribution in [-0.2, 0) is 35.0 Å². The van der Waals surface area contributed by atoms with Gasteiger partial charge in [0.1, 0.15) is 15.4 Å². The molecule has 2 unspecified atom stereocenters. The average molecular weight is 554 g/mol. The van der Waals surface area contributed by atoms with Gasteiger partial charge < -0.3 is 9.64 Å². The number of fused-ring (bicyclic) bond motifs is 1. The first kappa shape index (κ1) is 25.7. The largest absolute Gasteiger partial charge is 0.435 e. The Morgan fingerprint density at radius 2 is 1.89 bits per heavy atom. The van der Waals surface area contributed by atoms with Crippen LogP contribution in [0.4, 0.5) is 13.6 Å². The molecule has 1 saturated carbocycles. The number of imide groups is 1. The van der Waals surface area contributed by atoms with E-state index in [0.717, 1.165) is 29.5 Å². The lowest BCUT2D eigenvalue weighted by atomic mass is 10.0. The lowest BCUT2D eigenvalue weighted by molar-refractivity contribution is -0.135. The van der Waals surface area contributed by atoms with Gasteiger partial charge in [-0.1, -0.05) is 23.9 Å². The molecular weight excluding hydrogens is 528 g/mol. The maximum Gasteiger partial charge on any atom is 0.387 e. The summed E-state index contributed by atoms with van der Waals surface area (Å²) in [6.45, 7) is -1.14. The highest BCUT2D eigenvalue weighted by molar-refractivity contribution is 8.18. The van der Waals surface area contributed by atoms with Crippen molar-refractivity contribution in [2.24, 2.45) is 13.0 Å². The van der Waals surface area contributed by atoms with E-state index >= 15 is 0 Å². The molecule has 3 amide bonds. The molecule has 14 heteroatoms. The Balaban J connectivity index is 1.43. The molecule has 1 aromatic heterocycles. The third-order valence-electron chi connectivity index (χ3n) is 6.44. The smallest absolute Gasteiger partial charge is 0.387 e. The summed E-state index contributed by atoms with van der Waals surface area (Å²) in [4.78, 5) is 29.5. The van der Waals surface area contributed by atoms with Gasteiger partial charge in [-0.3, -0.25) is 14.4 Å². The highest BCUT2D eigenvalue weighted by Crippen LogP contribution is 2.46. The number of aromatic nitrogens is 2. The van der Waals surface area contributed by atoms with Gasteiger partial charge >= 0.3 is 12.6 Å². The van der Waals surface area contributed by atoms with Crippen LogP contribution in [0, 0.1) is 5.92 Å². The Hall–Kier alpha value is -2.97. The molecule has 0 radical (unpaired) electrons. The number of nitrogens with zero attached hydrogens (tertiary/aromatic N) is 4. The Kier molecular flexibility index (Phi) is 6.52. The minimum absolute atomic E-state index is 0.00526. The molecule has 37 heavy (non-hydrogen) atoms. The lowest BCUT2D eigenvalue weighted by Crippen LogP contribution is -2.58. The summed E-state index contributed by atoms with van der Waals surface area (Å²) >= 11 is 0.957. The monoisotopic (exact) mass is 553 g/mol. The molecular formula is C23H25F2N5O5S2. The van der Waals surface area contributed by atoms with Crippen molar-refractivity contribution in [3.8, 4) is 5.75 Å². The summed E-state index contributed by atoms with van der Waals surface area (Å²) in [6, 6.07) is 5.23. The second kappa shape index (κ2) is 9.40. The quantitative estimate of drug-likeness (QED) is 0.508. The molecule has 0 bridgehead atoms. The van der Waals surface area contributed by atoms with Crippen LogP contribution >= 0.6 is 11.8 Å². The molecule has 1 saturated heterocycles. The molecule has 5 rings (SSSR count).